The molecule has 0 aliphatic carbocycles. The first kappa shape index (κ1) is 10.8. The molecule has 0 saturated carbocycles. The molecule has 3 N–H and O–H groups in total. The topological polar surface area (TPSA) is 90.9 Å². The van der Waals surface area contributed by atoms with Gasteiger partial charge < -0.3 is 5.11 Å². The molecule has 0 aromatic carbocycles. The molecular formula is C8H15N3O3. The van der Waals surface area contributed by atoms with Gasteiger partial charge in [-0.2, -0.15) is 0 Å². The predicted molar refractivity (Wildman–Crippen MR) is 51.3 cm³/mol. The molecule has 0 aliphatic heterocycles. The van der Waals surface area contributed by atoms with Crippen LogP contribution >= 0.6 is 0 Å². The molecule has 0 atom stereocenters. The van der Waals surface area contributed by atoms with Crippen LogP contribution in [0.3, 0.4) is 0 Å². The minimum atomic E-state index is -0.787. The van der Waals surface area contributed by atoms with Crippen LogP contribution in [0.4, 0.5) is 0 Å². The largest absolute Gasteiger partial charge is 0.394 e. The van der Waals surface area contributed by atoms with Crippen LogP contribution in [-0.4, -0.2) is 26.5 Å². The minimum absolute atomic E-state index is 0.221. The summed E-state index contributed by atoms with van der Waals surface area (Å²) in [6, 6.07) is 0. The predicted octanol–water partition coefficient (Wildman–Crippen LogP) is -0.628. The normalized spacial score (nSPS) is 11.9. The standard InChI is InChI=1S/C8H15N3O3/c1-3-8(4-2,5-12)11-6(13)9-10-7(11)14/h12H,3-5H2,1-2H3,(H,9,13)(H,10,14). The number of aliphatic hydroxyl groups is 1. The van der Waals surface area contributed by atoms with Gasteiger partial charge in [0.05, 0.1) is 12.1 Å². The number of nitrogens with zero attached hydrogens (tertiary/aromatic N) is 1. The van der Waals surface area contributed by atoms with Crippen molar-refractivity contribution in [2.24, 2.45) is 0 Å². The SMILES string of the molecule is CCC(CC)(CO)n1c(=O)[nH][nH]c1=O. The smallest absolute Gasteiger partial charge is 0.344 e. The third kappa shape index (κ3) is 1.41. The molecule has 0 bridgehead atoms. The Kier molecular flexibility index (Phi) is 2.95. The molecule has 1 rings (SSSR count). The van der Waals surface area contributed by atoms with E-state index in [1.54, 1.807) is 0 Å². The Balaban J connectivity index is 3.38. The molecule has 80 valence electrons. The molecule has 6 nitrogen and oxygen atoms in total. The third-order valence-corrected chi connectivity index (χ3v) is 2.77. The first-order chi connectivity index (χ1) is 6.61. The monoisotopic (exact) mass is 201 g/mol. The second-order valence-electron chi connectivity index (χ2n) is 3.29. The van der Waals surface area contributed by atoms with Gasteiger partial charge >= 0.3 is 11.4 Å². The van der Waals surface area contributed by atoms with Crippen LogP contribution < -0.4 is 11.4 Å². The Morgan fingerprint density at radius 2 is 1.64 bits per heavy atom. The molecule has 0 spiro atoms. The molecule has 1 heterocycles. The highest BCUT2D eigenvalue weighted by Gasteiger charge is 2.31. The van der Waals surface area contributed by atoms with E-state index in [1.165, 1.54) is 0 Å². The second kappa shape index (κ2) is 3.83. The summed E-state index contributed by atoms with van der Waals surface area (Å²) in [5.74, 6) is 0. The Morgan fingerprint density at radius 1 is 1.21 bits per heavy atom. The van der Waals surface area contributed by atoms with E-state index in [0.29, 0.717) is 12.8 Å². The molecule has 14 heavy (non-hydrogen) atoms. The van der Waals surface area contributed by atoms with Crippen molar-refractivity contribution >= 4 is 0 Å². The van der Waals surface area contributed by atoms with Crippen LogP contribution in [0.2, 0.25) is 0 Å². The Hall–Kier alpha value is -1.30. The zero-order valence-corrected chi connectivity index (χ0v) is 8.33. The highest BCUT2D eigenvalue weighted by atomic mass is 16.3. The molecule has 0 amide bonds. The van der Waals surface area contributed by atoms with Gasteiger partial charge in [0, 0.05) is 0 Å². The molecular weight excluding hydrogens is 186 g/mol. The van der Waals surface area contributed by atoms with E-state index < -0.39 is 16.9 Å². The Morgan fingerprint density at radius 3 is 1.93 bits per heavy atom. The van der Waals surface area contributed by atoms with Gasteiger partial charge in [-0.05, 0) is 12.8 Å². The zero-order valence-electron chi connectivity index (χ0n) is 8.33. The van der Waals surface area contributed by atoms with Gasteiger partial charge in [-0.25, -0.2) is 24.4 Å². The van der Waals surface area contributed by atoms with Gasteiger partial charge in [0.25, 0.3) is 0 Å². The lowest BCUT2D eigenvalue weighted by molar-refractivity contribution is 0.115. The van der Waals surface area contributed by atoms with Gasteiger partial charge in [-0.3, -0.25) is 0 Å². The van der Waals surface area contributed by atoms with Crippen LogP contribution in [-0.2, 0) is 5.54 Å². The van der Waals surface area contributed by atoms with Crippen LogP contribution in [0.1, 0.15) is 26.7 Å². The van der Waals surface area contributed by atoms with E-state index in [1.807, 2.05) is 13.8 Å². The third-order valence-electron chi connectivity index (χ3n) is 2.77. The van der Waals surface area contributed by atoms with Gasteiger partial charge in [0.15, 0.2) is 0 Å². The van der Waals surface area contributed by atoms with E-state index in [4.69, 9.17) is 0 Å². The van der Waals surface area contributed by atoms with Crippen molar-refractivity contribution in [3.8, 4) is 0 Å². The number of hydrogen-bond acceptors (Lipinski definition) is 3. The lowest BCUT2D eigenvalue weighted by Crippen LogP contribution is -2.47. The molecule has 0 unspecified atom stereocenters. The molecule has 6 heteroatoms. The number of aromatic nitrogens is 3. The number of aliphatic hydroxyl groups excluding tert-OH is 1. The van der Waals surface area contributed by atoms with E-state index in [9.17, 15) is 14.7 Å². The maximum absolute atomic E-state index is 11.3. The fourth-order valence-corrected chi connectivity index (χ4v) is 1.60. The summed E-state index contributed by atoms with van der Waals surface area (Å²) in [6.45, 7) is 3.44. The zero-order chi connectivity index (χ0) is 10.8. The van der Waals surface area contributed by atoms with E-state index >= 15 is 0 Å². The maximum atomic E-state index is 11.3. The van der Waals surface area contributed by atoms with Gasteiger partial charge in [-0.15, -0.1) is 0 Å². The molecule has 0 saturated heterocycles. The number of H-pyrrole nitrogens is 2. The maximum Gasteiger partial charge on any atom is 0.344 e. The lowest BCUT2D eigenvalue weighted by atomic mass is 9.94. The first-order valence-electron chi connectivity index (χ1n) is 4.62. The van der Waals surface area contributed by atoms with E-state index in [2.05, 4.69) is 10.2 Å². The average Bonchev–Trinajstić information content (AvgIpc) is 2.53. The summed E-state index contributed by atoms with van der Waals surface area (Å²) in [5.41, 5.74) is -1.80. The summed E-state index contributed by atoms with van der Waals surface area (Å²) in [6.07, 6.45) is 1.06. The molecule has 1 aromatic rings. The number of rotatable bonds is 4. The molecule has 1 aromatic heterocycles. The molecule has 0 fully saturated rings. The van der Waals surface area contributed by atoms with Crippen molar-refractivity contribution in [1.82, 2.24) is 14.8 Å². The van der Waals surface area contributed by atoms with Crippen molar-refractivity contribution in [3.05, 3.63) is 21.0 Å². The van der Waals surface area contributed by atoms with Crippen LogP contribution in [0.25, 0.3) is 0 Å². The fraction of sp³-hybridized carbons (Fsp3) is 0.750. The van der Waals surface area contributed by atoms with Gasteiger partial charge in [0.2, 0.25) is 0 Å². The fourth-order valence-electron chi connectivity index (χ4n) is 1.60. The highest BCUT2D eigenvalue weighted by molar-refractivity contribution is 4.87. The van der Waals surface area contributed by atoms with Crippen molar-refractivity contribution in [2.75, 3.05) is 6.61 Å². The van der Waals surface area contributed by atoms with Crippen molar-refractivity contribution < 1.29 is 5.11 Å². The number of aromatic amines is 2. The summed E-state index contributed by atoms with van der Waals surface area (Å²) < 4.78 is 1.05. The number of hydrogen-bond donors (Lipinski definition) is 3. The van der Waals surface area contributed by atoms with Crippen LogP contribution in [0.15, 0.2) is 9.59 Å². The van der Waals surface area contributed by atoms with Gasteiger partial charge in [0.1, 0.15) is 0 Å². The first-order valence-corrected chi connectivity index (χ1v) is 4.62. The summed E-state index contributed by atoms with van der Waals surface area (Å²) in [7, 11) is 0. The number of nitrogens with one attached hydrogen (secondary N) is 2. The average molecular weight is 201 g/mol. The van der Waals surface area contributed by atoms with Gasteiger partial charge in [-0.1, -0.05) is 13.8 Å². The second-order valence-corrected chi connectivity index (χ2v) is 3.29. The lowest BCUT2D eigenvalue weighted by Gasteiger charge is -2.28. The highest BCUT2D eigenvalue weighted by Crippen LogP contribution is 2.20. The molecule has 0 radical (unpaired) electrons. The van der Waals surface area contributed by atoms with E-state index in [0.717, 1.165) is 4.57 Å². The van der Waals surface area contributed by atoms with Crippen molar-refractivity contribution in [3.63, 3.8) is 0 Å². The molecule has 0 aliphatic rings. The van der Waals surface area contributed by atoms with Crippen LogP contribution in [0.5, 0.6) is 0 Å². The van der Waals surface area contributed by atoms with E-state index in [-0.39, 0.29) is 6.61 Å². The van der Waals surface area contributed by atoms with Crippen molar-refractivity contribution in [1.29, 1.82) is 0 Å². The van der Waals surface area contributed by atoms with Crippen molar-refractivity contribution in [2.45, 2.75) is 32.2 Å². The quantitative estimate of drug-likeness (QED) is 0.606. The summed E-state index contributed by atoms with van der Waals surface area (Å²) in [4.78, 5) is 22.7. The minimum Gasteiger partial charge on any atom is -0.394 e. The summed E-state index contributed by atoms with van der Waals surface area (Å²) in [5, 5.41) is 13.7. The summed E-state index contributed by atoms with van der Waals surface area (Å²) >= 11 is 0. The Labute approximate surface area is 80.6 Å². The van der Waals surface area contributed by atoms with Crippen LogP contribution in [0, 0.1) is 0 Å². The Bertz CT molecular complexity index is 361.